The Hall–Kier alpha value is -3.08. The molecule has 1 heterocycles. The summed E-state index contributed by atoms with van der Waals surface area (Å²) in [5, 5.41) is 4.14. The summed E-state index contributed by atoms with van der Waals surface area (Å²) >= 11 is 0. The molecule has 140 valence electrons. The molecule has 2 aromatic carbocycles. The Kier molecular flexibility index (Phi) is 5.91. The van der Waals surface area contributed by atoms with Crippen LogP contribution in [0.5, 0.6) is 5.75 Å². The van der Waals surface area contributed by atoms with Gasteiger partial charge in [0, 0.05) is 25.9 Å². The van der Waals surface area contributed by atoms with Gasteiger partial charge in [0.2, 0.25) is 0 Å². The van der Waals surface area contributed by atoms with Crippen molar-refractivity contribution in [3.8, 4) is 5.75 Å². The largest absolute Gasteiger partial charge is 0.489 e. The first-order valence-corrected chi connectivity index (χ1v) is 9.10. The molecule has 0 fully saturated rings. The van der Waals surface area contributed by atoms with Crippen LogP contribution in [0.2, 0.25) is 0 Å². The average molecular weight is 363 g/mol. The van der Waals surface area contributed by atoms with E-state index in [0.29, 0.717) is 18.7 Å². The van der Waals surface area contributed by atoms with E-state index in [1.807, 2.05) is 49.5 Å². The number of benzene rings is 2. The maximum atomic E-state index is 12.7. The molecule has 3 rings (SSSR count). The van der Waals surface area contributed by atoms with E-state index in [4.69, 9.17) is 4.74 Å². The highest BCUT2D eigenvalue weighted by atomic mass is 16.5. The highest BCUT2D eigenvalue weighted by Crippen LogP contribution is 2.16. The van der Waals surface area contributed by atoms with E-state index < -0.39 is 0 Å². The second-order valence-electron chi connectivity index (χ2n) is 6.59. The van der Waals surface area contributed by atoms with E-state index in [2.05, 4.69) is 24.2 Å². The zero-order valence-corrected chi connectivity index (χ0v) is 16.1. The van der Waals surface area contributed by atoms with Crippen LogP contribution in [0.15, 0.2) is 60.8 Å². The first kappa shape index (κ1) is 18.7. The second-order valence-corrected chi connectivity index (χ2v) is 6.59. The van der Waals surface area contributed by atoms with Crippen molar-refractivity contribution in [3.05, 3.63) is 83.2 Å². The maximum Gasteiger partial charge on any atom is 0.253 e. The molecule has 0 N–H and O–H groups in total. The SMILES string of the molecule is CCc1ccc(OCc2cccc(C(=O)N(C)Cc3ccnn3C)c2)cc1. The summed E-state index contributed by atoms with van der Waals surface area (Å²) in [6, 6.07) is 17.6. The number of rotatable bonds is 7. The summed E-state index contributed by atoms with van der Waals surface area (Å²) in [5.41, 5.74) is 3.89. The first-order valence-electron chi connectivity index (χ1n) is 9.10. The lowest BCUT2D eigenvalue weighted by atomic mass is 10.1. The van der Waals surface area contributed by atoms with Crippen molar-refractivity contribution in [3.63, 3.8) is 0 Å². The van der Waals surface area contributed by atoms with Crippen molar-refractivity contribution in [2.75, 3.05) is 7.05 Å². The molecule has 5 heteroatoms. The maximum absolute atomic E-state index is 12.7. The molecule has 0 unspecified atom stereocenters. The average Bonchev–Trinajstić information content (AvgIpc) is 3.10. The summed E-state index contributed by atoms with van der Waals surface area (Å²) in [6.45, 7) is 3.07. The third-order valence-electron chi connectivity index (χ3n) is 4.58. The third kappa shape index (κ3) is 4.76. The van der Waals surface area contributed by atoms with E-state index in [-0.39, 0.29) is 5.91 Å². The molecule has 3 aromatic rings. The van der Waals surface area contributed by atoms with Crippen LogP contribution in [-0.4, -0.2) is 27.6 Å². The topological polar surface area (TPSA) is 47.4 Å². The molecule has 0 radical (unpaired) electrons. The molecule has 0 atom stereocenters. The third-order valence-corrected chi connectivity index (χ3v) is 4.58. The van der Waals surface area contributed by atoms with Gasteiger partial charge < -0.3 is 9.64 Å². The van der Waals surface area contributed by atoms with E-state index in [9.17, 15) is 4.79 Å². The van der Waals surface area contributed by atoms with Gasteiger partial charge in [0.25, 0.3) is 5.91 Å². The summed E-state index contributed by atoms with van der Waals surface area (Å²) < 4.78 is 7.63. The Morgan fingerprint density at radius 1 is 1.11 bits per heavy atom. The van der Waals surface area contributed by atoms with Gasteiger partial charge in [0.15, 0.2) is 0 Å². The zero-order chi connectivity index (χ0) is 19.2. The molecule has 0 aliphatic heterocycles. The molecule has 0 bridgehead atoms. The van der Waals surface area contributed by atoms with Crippen molar-refractivity contribution < 1.29 is 9.53 Å². The fourth-order valence-electron chi connectivity index (χ4n) is 2.87. The van der Waals surface area contributed by atoms with Gasteiger partial charge in [-0.1, -0.05) is 31.2 Å². The molecule has 0 saturated heterocycles. The van der Waals surface area contributed by atoms with Crippen molar-refractivity contribution in [2.24, 2.45) is 7.05 Å². The fraction of sp³-hybridized carbons (Fsp3) is 0.273. The standard InChI is InChI=1S/C22H25N3O2/c1-4-17-8-10-21(11-9-17)27-16-18-6-5-7-19(14-18)22(26)24(2)15-20-12-13-23-25(20)3/h5-14H,4,15-16H2,1-3H3. The van der Waals surface area contributed by atoms with E-state index >= 15 is 0 Å². The Morgan fingerprint density at radius 3 is 2.56 bits per heavy atom. The second kappa shape index (κ2) is 8.54. The molecule has 0 saturated carbocycles. The quantitative estimate of drug-likeness (QED) is 0.641. The summed E-state index contributed by atoms with van der Waals surface area (Å²) in [4.78, 5) is 14.4. The molecular weight excluding hydrogens is 338 g/mol. The minimum absolute atomic E-state index is 0.0228. The predicted octanol–water partition coefficient (Wildman–Crippen LogP) is 3.83. The van der Waals surface area contributed by atoms with Crippen LogP contribution < -0.4 is 4.74 Å². The van der Waals surface area contributed by atoms with Gasteiger partial charge in [-0.3, -0.25) is 9.48 Å². The van der Waals surface area contributed by atoms with Crippen molar-refractivity contribution in [1.82, 2.24) is 14.7 Å². The van der Waals surface area contributed by atoms with Crippen LogP contribution >= 0.6 is 0 Å². The molecule has 0 aliphatic carbocycles. The van der Waals surface area contributed by atoms with Crippen LogP contribution in [0.1, 0.15) is 34.1 Å². The monoisotopic (exact) mass is 363 g/mol. The number of aryl methyl sites for hydroxylation is 2. The minimum atomic E-state index is -0.0228. The fourth-order valence-corrected chi connectivity index (χ4v) is 2.87. The molecule has 5 nitrogen and oxygen atoms in total. The van der Waals surface area contributed by atoms with Crippen molar-refractivity contribution in [2.45, 2.75) is 26.5 Å². The van der Waals surface area contributed by atoms with E-state index in [1.54, 1.807) is 22.8 Å². The predicted molar refractivity (Wildman–Crippen MR) is 106 cm³/mol. The molecular formula is C22H25N3O2. The smallest absolute Gasteiger partial charge is 0.253 e. The number of carbonyl (C=O) groups is 1. The van der Waals surface area contributed by atoms with Crippen molar-refractivity contribution >= 4 is 5.91 Å². The number of hydrogen-bond acceptors (Lipinski definition) is 3. The van der Waals surface area contributed by atoms with Crippen LogP contribution in [0.25, 0.3) is 0 Å². The minimum Gasteiger partial charge on any atom is -0.489 e. The molecule has 0 aliphatic rings. The number of nitrogens with zero attached hydrogens (tertiary/aromatic N) is 3. The Bertz CT molecular complexity index is 900. The van der Waals surface area contributed by atoms with Gasteiger partial charge in [-0.25, -0.2) is 0 Å². The summed E-state index contributed by atoms with van der Waals surface area (Å²) in [5.74, 6) is 0.808. The van der Waals surface area contributed by atoms with Gasteiger partial charge >= 0.3 is 0 Å². The number of hydrogen-bond donors (Lipinski definition) is 0. The lowest BCUT2D eigenvalue weighted by Gasteiger charge is -2.17. The van der Waals surface area contributed by atoms with E-state index in [1.165, 1.54) is 5.56 Å². The summed E-state index contributed by atoms with van der Waals surface area (Å²) in [6.07, 6.45) is 2.75. The van der Waals surface area contributed by atoms with Gasteiger partial charge in [-0.05, 0) is 47.9 Å². The van der Waals surface area contributed by atoms with Crippen molar-refractivity contribution in [1.29, 1.82) is 0 Å². The van der Waals surface area contributed by atoms with Gasteiger partial charge in [-0.15, -0.1) is 0 Å². The van der Waals surface area contributed by atoms with Crippen LogP contribution in [0.3, 0.4) is 0 Å². The van der Waals surface area contributed by atoms with E-state index in [0.717, 1.165) is 23.4 Å². The Morgan fingerprint density at radius 2 is 1.89 bits per heavy atom. The number of aromatic nitrogens is 2. The number of carbonyl (C=O) groups excluding carboxylic acids is 1. The van der Waals surface area contributed by atoms with Gasteiger partial charge in [-0.2, -0.15) is 5.10 Å². The molecule has 0 spiro atoms. The van der Waals surface area contributed by atoms with Gasteiger partial charge in [0.1, 0.15) is 12.4 Å². The lowest BCUT2D eigenvalue weighted by Crippen LogP contribution is -2.27. The highest BCUT2D eigenvalue weighted by molar-refractivity contribution is 5.94. The number of amides is 1. The Balaban J connectivity index is 1.63. The summed E-state index contributed by atoms with van der Waals surface area (Å²) in [7, 11) is 3.67. The number of ether oxygens (including phenoxy) is 1. The van der Waals surface area contributed by atoms with Crippen LogP contribution in [-0.2, 0) is 26.6 Å². The molecule has 1 aromatic heterocycles. The first-order chi connectivity index (χ1) is 13.1. The normalized spacial score (nSPS) is 10.6. The Labute approximate surface area is 160 Å². The molecule has 27 heavy (non-hydrogen) atoms. The van der Waals surface area contributed by atoms with Crippen LogP contribution in [0, 0.1) is 0 Å². The van der Waals surface area contributed by atoms with Gasteiger partial charge in [0.05, 0.1) is 12.2 Å². The lowest BCUT2D eigenvalue weighted by molar-refractivity contribution is 0.0782. The zero-order valence-electron chi connectivity index (χ0n) is 16.1. The highest BCUT2D eigenvalue weighted by Gasteiger charge is 2.14. The van der Waals surface area contributed by atoms with Crippen LogP contribution in [0.4, 0.5) is 0 Å². The molecule has 1 amide bonds.